The quantitative estimate of drug-likeness (QED) is 0.643. The Morgan fingerprint density at radius 1 is 1.20 bits per heavy atom. The van der Waals surface area contributed by atoms with Crippen LogP contribution in [0.15, 0.2) is 30.3 Å². The van der Waals surface area contributed by atoms with Crippen LogP contribution in [-0.4, -0.2) is 35.6 Å². The van der Waals surface area contributed by atoms with Crippen LogP contribution in [0.2, 0.25) is 0 Å². The van der Waals surface area contributed by atoms with Crippen LogP contribution in [0, 0.1) is 5.92 Å². The fourth-order valence-electron chi connectivity index (χ4n) is 4.09. The number of likely N-dealkylation sites (tertiary alicyclic amines) is 1. The molecule has 2 amide bonds. The molecule has 5 nitrogen and oxygen atoms in total. The number of hydrogen-bond acceptors (Lipinski definition) is 3. The van der Waals surface area contributed by atoms with Gasteiger partial charge < -0.3 is 15.0 Å². The molecule has 1 aromatic carbocycles. The van der Waals surface area contributed by atoms with E-state index in [-0.39, 0.29) is 18.0 Å². The molecule has 1 N–H and O–H groups in total. The number of amides is 2. The van der Waals surface area contributed by atoms with Crippen LogP contribution in [0.3, 0.4) is 0 Å². The summed E-state index contributed by atoms with van der Waals surface area (Å²) in [4.78, 5) is 27.3. The van der Waals surface area contributed by atoms with E-state index in [1.807, 2.05) is 30.3 Å². The Labute approximate surface area is 149 Å². The average Bonchev–Trinajstić information content (AvgIpc) is 3.02. The lowest BCUT2D eigenvalue weighted by molar-refractivity contribution is -0.148. The highest BCUT2D eigenvalue weighted by molar-refractivity contribution is 5.93. The molecule has 25 heavy (non-hydrogen) atoms. The Kier molecular flexibility index (Phi) is 5.95. The van der Waals surface area contributed by atoms with Crippen molar-refractivity contribution in [3.8, 4) is 0 Å². The number of carbonyl (C=O) groups is 2. The van der Waals surface area contributed by atoms with Crippen molar-refractivity contribution >= 4 is 17.7 Å². The lowest BCUT2D eigenvalue weighted by Crippen LogP contribution is -2.48. The maximum absolute atomic E-state index is 12.9. The lowest BCUT2D eigenvalue weighted by Gasteiger charge is -2.33. The first-order chi connectivity index (χ1) is 12.2. The number of urea groups is 1. The van der Waals surface area contributed by atoms with Gasteiger partial charge in [-0.15, -0.1) is 0 Å². The molecule has 1 heterocycles. The summed E-state index contributed by atoms with van der Waals surface area (Å²) >= 11 is 0. The van der Waals surface area contributed by atoms with Crippen LogP contribution >= 0.6 is 0 Å². The van der Waals surface area contributed by atoms with Crippen molar-refractivity contribution in [2.45, 2.75) is 64.0 Å². The minimum absolute atomic E-state index is 0.154. The Morgan fingerprint density at radius 3 is 2.72 bits per heavy atom. The van der Waals surface area contributed by atoms with Crippen LogP contribution in [0.5, 0.6) is 0 Å². The number of carbonyl (C=O) groups excluding carboxylic acids is 2. The van der Waals surface area contributed by atoms with Crippen LogP contribution < -0.4 is 5.32 Å². The molecule has 0 aromatic heterocycles. The van der Waals surface area contributed by atoms with E-state index < -0.39 is 6.04 Å². The van der Waals surface area contributed by atoms with Crippen LogP contribution in [0.1, 0.15) is 51.9 Å². The molecule has 3 unspecified atom stereocenters. The van der Waals surface area contributed by atoms with Crippen LogP contribution in [0.4, 0.5) is 10.5 Å². The van der Waals surface area contributed by atoms with Gasteiger partial charge in [0.25, 0.3) is 0 Å². The molecule has 5 heteroatoms. The number of benzene rings is 1. The van der Waals surface area contributed by atoms with Crippen molar-refractivity contribution in [3.05, 3.63) is 30.3 Å². The second kappa shape index (κ2) is 8.37. The number of nitrogens with one attached hydrogen (secondary N) is 1. The van der Waals surface area contributed by atoms with Gasteiger partial charge in [-0.25, -0.2) is 9.59 Å². The van der Waals surface area contributed by atoms with Crippen molar-refractivity contribution in [3.63, 3.8) is 0 Å². The molecule has 136 valence electrons. The Bertz CT molecular complexity index is 590. The number of ether oxygens (including phenoxy) is 1. The Balaban J connectivity index is 1.73. The van der Waals surface area contributed by atoms with Crippen molar-refractivity contribution < 1.29 is 14.3 Å². The highest BCUT2D eigenvalue weighted by atomic mass is 16.5. The third kappa shape index (κ3) is 4.14. The first-order valence-electron chi connectivity index (χ1n) is 9.51. The van der Waals surface area contributed by atoms with Crippen molar-refractivity contribution in [2.75, 3.05) is 11.9 Å². The fourth-order valence-corrected chi connectivity index (χ4v) is 4.09. The standard InChI is InChI=1S/C20H28N2O3/c1-2-3-13-25-19(23)18-14-15-9-7-8-12-17(15)22(18)20(24)21-16-10-5-4-6-11-16/h4-6,10-11,15,17-18H,2-3,7-9,12-14H2,1H3,(H,21,24). The predicted molar refractivity (Wildman–Crippen MR) is 97.3 cm³/mol. The van der Waals surface area contributed by atoms with Crippen LogP contribution in [0.25, 0.3) is 0 Å². The summed E-state index contributed by atoms with van der Waals surface area (Å²) in [6.45, 7) is 2.51. The molecule has 0 bridgehead atoms. The maximum Gasteiger partial charge on any atom is 0.328 e. The molecule has 1 aliphatic carbocycles. The molecule has 0 spiro atoms. The van der Waals surface area contributed by atoms with E-state index in [2.05, 4.69) is 12.2 Å². The molecule has 2 fully saturated rings. The van der Waals surface area contributed by atoms with Gasteiger partial charge in [0.2, 0.25) is 0 Å². The molecule has 1 saturated carbocycles. The SMILES string of the molecule is CCCCOC(=O)C1CC2CCCCC2N1C(=O)Nc1ccccc1. The van der Waals surface area contributed by atoms with E-state index in [4.69, 9.17) is 4.74 Å². The molecule has 2 aliphatic rings. The van der Waals surface area contributed by atoms with Gasteiger partial charge in [0.05, 0.1) is 6.61 Å². The van der Waals surface area contributed by atoms with Gasteiger partial charge in [-0.05, 0) is 43.7 Å². The largest absolute Gasteiger partial charge is 0.464 e. The number of anilines is 1. The number of unbranched alkanes of at least 4 members (excludes halogenated alkanes) is 1. The van der Waals surface area contributed by atoms with Crippen molar-refractivity contribution in [1.29, 1.82) is 0 Å². The van der Waals surface area contributed by atoms with E-state index in [1.54, 1.807) is 4.90 Å². The van der Waals surface area contributed by atoms with Gasteiger partial charge in [0, 0.05) is 11.7 Å². The number of hydrogen-bond donors (Lipinski definition) is 1. The summed E-state index contributed by atoms with van der Waals surface area (Å²) in [6.07, 6.45) is 6.96. The zero-order chi connectivity index (χ0) is 17.6. The normalized spacial score (nSPS) is 25.3. The topological polar surface area (TPSA) is 58.6 Å². The van der Waals surface area contributed by atoms with E-state index in [0.29, 0.717) is 12.5 Å². The third-order valence-electron chi connectivity index (χ3n) is 5.36. The second-order valence-electron chi connectivity index (χ2n) is 7.09. The Morgan fingerprint density at radius 2 is 1.96 bits per heavy atom. The molecule has 1 aliphatic heterocycles. The average molecular weight is 344 g/mol. The molecular weight excluding hydrogens is 316 g/mol. The number of para-hydroxylation sites is 1. The number of esters is 1. The van der Waals surface area contributed by atoms with Gasteiger partial charge in [-0.2, -0.15) is 0 Å². The zero-order valence-electron chi connectivity index (χ0n) is 14.9. The monoisotopic (exact) mass is 344 g/mol. The minimum atomic E-state index is -0.450. The molecular formula is C20H28N2O3. The zero-order valence-corrected chi connectivity index (χ0v) is 14.9. The molecule has 1 saturated heterocycles. The summed E-state index contributed by atoms with van der Waals surface area (Å²) < 4.78 is 5.44. The summed E-state index contributed by atoms with van der Waals surface area (Å²) in [6, 6.07) is 8.94. The minimum Gasteiger partial charge on any atom is -0.464 e. The highest BCUT2D eigenvalue weighted by Gasteiger charge is 2.48. The van der Waals surface area contributed by atoms with E-state index in [9.17, 15) is 9.59 Å². The number of nitrogens with zero attached hydrogens (tertiary/aromatic N) is 1. The smallest absolute Gasteiger partial charge is 0.328 e. The summed E-state index contributed by atoms with van der Waals surface area (Å²) in [7, 11) is 0. The number of fused-ring (bicyclic) bond motifs is 1. The van der Waals surface area contributed by atoms with Crippen LogP contribution in [-0.2, 0) is 9.53 Å². The maximum atomic E-state index is 12.9. The highest BCUT2D eigenvalue weighted by Crippen LogP contribution is 2.40. The van der Waals surface area contributed by atoms with Gasteiger partial charge in [-0.1, -0.05) is 44.4 Å². The van der Waals surface area contributed by atoms with E-state index in [1.165, 1.54) is 6.42 Å². The van der Waals surface area contributed by atoms with Gasteiger partial charge in [-0.3, -0.25) is 0 Å². The first kappa shape index (κ1) is 17.8. The van der Waals surface area contributed by atoms with Gasteiger partial charge in [0.1, 0.15) is 6.04 Å². The molecule has 1 aromatic rings. The van der Waals surface area contributed by atoms with E-state index >= 15 is 0 Å². The van der Waals surface area contributed by atoms with Gasteiger partial charge in [0.15, 0.2) is 0 Å². The summed E-state index contributed by atoms with van der Waals surface area (Å²) in [5.74, 6) is 0.171. The second-order valence-corrected chi connectivity index (χ2v) is 7.09. The van der Waals surface area contributed by atoms with E-state index in [0.717, 1.165) is 44.2 Å². The Hall–Kier alpha value is -2.04. The predicted octanol–water partition coefficient (Wildman–Crippen LogP) is 4.19. The fraction of sp³-hybridized carbons (Fsp3) is 0.600. The first-order valence-corrected chi connectivity index (χ1v) is 9.51. The molecule has 3 rings (SSSR count). The lowest BCUT2D eigenvalue weighted by atomic mass is 9.85. The number of rotatable bonds is 5. The van der Waals surface area contributed by atoms with Gasteiger partial charge >= 0.3 is 12.0 Å². The third-order valence-corrected chi connectivity index (χ3v) is 5.36. The summed E-state index contributed by atoms with van der Waals surface area (Å²) in [5.41, 5.74) is 0.754. The molecule has 0 radical (unpaired) electrons. The summed E-state index contributed by atoms with van der Waals surface area (Å²) in [5, 5.41) is 2.95. The van der Waals surface area contributed by atoms with Crippen molar-refractivity contribution in [2.24, 2.45) is 5.92 Å². The molecule has 3 atom stereocenters. The van der Waals surface area contributed by atoms with Crippen molar-refractivity contribution in [1.82, 2.24) is 4.90 Å².